The molecular weight excluding hydrogens is 422 g/mol. The van der Waals surface area contributed by atoms with Crippen molar-refractivity contribution in [3.63, 3.8) is 0 Å². The molecule has 170 valence electrons. The van der Waals surface area contributed by atoms with Crippen LogP contribution in [0.5, 0.6) is 0 Å². The van der Waals surface area contributed by atoms with Gasteiger partial charge >= 0.3 is 5.97 Å². The summed E-state index contributed by atoms with van der Waals surface area (Å²) in [7, 11) is 3.95. The lowest BCUT2D eigenvalue weighted by Crippen LogP contribution is -2.29. The van der Waals surface area contributed by atoms with Crippen LogP contribution in [0, 0.1) is 5.92 Å². The molecule has 1 aliphatic rings. The Labute approximate surface area is 192 Å². The maximum absolute atomic E-state index is 13.7. The molecule has 0 fully saturated rings. The second-order valence-electron chi connectivity index (χ2n) is 9.34. The summed E-state index contributed by atoms with van der Waals surface area (Å²) < 4.78 is 7.11. The first-order chi connectivity index (χ1) is 15.2. The Kier molecular flexibility index (Phi) is 6.49. The van der Waals surface area contributed by atoms with Crippen molar-refractivity contribution < 1.29 is 9.53 Å². The van der Waals surface area contributed by atoms with Crippen molar-refractivity contribution in [1.82, 2.24) is 14.5 Å². The van der Waals surface area contributed by atoms with Crippen LogP contribution in [0.4, 0.5) is 0 Å². The van der Waals surface area contributed by atoms with Crippen molar-refractivity contribution >= 4 is 27.5 Å². The number of fused-ring (bicyclic) bond motifs is 3. The minimum absolute atomic E-state index is 0.0223. The monoisotopic (exact) mass is 453 g/mol. The number of rotatable bonds is 6. The van der Waals surface area contributed by atoms with E-state index >= 15 is 0 Å². The van der Waals surface area contributed by atoms with Gasteiger partial charge in [-0.05, 0) is 76.4 Å². The van der Waals surface area contributed by atoms with Gasteiger partial charge in [-0.3, -0.25) is 9.36 Å². The molecule has 7 heteroatoms. The summed E-state index contributed by atoms with van der Waals surface area (Å²) in [6.45, 7) is 6.87. The van der Waals surface area contributed by atoms with Crippen molar-refractivity contribution in [2.75, 3.05) is 14.1 Å². The lowest BCUT2D eigenvalue weighted by atomic mass is 9.89. The van der Waals surface area contributed by atoms with Crippen molar-refractivity contribution in [3.8, 4) is 0 Å². The number of thiophene rings is 1. The Morgan fingerprint density at radius 1 is 1.34 bits per heavy atom. The standard InChI is InChI=1S/C25H31N3O3S/c1-15(2)31-25(30)18-8-6-7-17(12-18)13-28-21(14-27(4)5)26-23-22(24(28)29)19-10-9-16(3)11-20(19)32-23/h6-8,12,15-16H,9-11,13-14H2,1-5H3. The SMILES string of the molecule is CC1CCc2c(sc3nc(CN(C)C)n(Cc4cccc(C(=O)OC(C)C)c4)c(=O)c23)C1. The summed E-state index contributed by atoms with van der Waals surface area (Å²) in [5.41, 5.74) is 2.59. The van der Waals surface area contributed by atoms with Crippen molar-refractivity contribution in [2.24, 2.45) is 5.92 Å². The third kappa shape index (κ3) is 4.64. The lowest BCUT2D eigenvalue weighted by Gasteiger charge is -2.18. The number of nitrogens with zero attached hydrogens (tertiary/aromatic N) is 3. The Morgan fingerprint density at radius 3 is 2.84 bits per heavy atom. The smallest absolute Gasteiger partial charge is 0.338 e. The molecule has 4 rings (SSSR count). The molecule has 0 radical (unpaired) electrons. The summed E-state index contributed by atoms with van der Waals surface area (Å²) in [6, 6.07) is 7.33. The van der Waals surface area contributed by atoms with E-state index < -0.39 is 0 Å². The summed E-state index contributed by atoms with van der Waals surface area (Å²) in [6.07, 6.45) is 2.90. The number of carbonyl (C=O) groups is 1. The molecule has 0 amide bonds. The molecule has 0 saturated carbocycles. The van der Waals surface area contributed by atoms with E-state index in [2.05, 4.69) is 6.92 Å². The van der Waals surface area contributed by atoms with E-state index in [4.69, 9.17) is 9.72 Å². The Balaban J connectivity index is 1.78. The summed E-state index contributed by atoms with van der Waals surface area (Å²) >= 11 is 1.68. The van der Waals surface area contributed by atoms with Crippen molar-refractivity contribution in [1.29, 1.82) is 0 Å². The molecule has 0 bridgehead atoms. The van der Waals surface area contributed by atoms with Gasteiger partial charge in [0.1, 0.15) is 10.7 Å². The van der Waals surface area contributed by atoms with Crippen LogP contribution < -0.4 is 5.56 Å². The van der Waals surface area contributed by atoms with Crippen molar-refractivity contribution in [2.45, 2.75) is 59.2 Å². The zero-order valence-electron chi connectivity index (χ0n) is 19.5. The van der Waals surface area contributed by atoms with E-state index in [1.54, 1.807) is 22.0 Å². The number of ether oxygens (including phenoxy) is 1. The van der Waals surface area contributed by atoms with Crippen LogP contribution in [0.15, 0.2) is 29.1 Å². The van der Waals surface area contributed by atoms with Crippen LogP contribution >= 0.6 is 11.3 Å². The molecular formula is C25H31N3O3S. The zero-order valence-corrected chi connectivity index (χ0v) is 20.3. The highest BCUT2D eigenvalue weighted by Gasteiger charge is 2.25. The number of hydrogen-bond acceptors (Lipinski definition) is 6. The van der Waals surface area contributed by atoms with Gasteiger partial charge in [0.05, 0.1) is 30.1 Å². The van der Waals surface area contributed by atoms with Gasteiger partial charge in [0.2, 0.25) is 0 Å². The van der Waals surface area contributed by atoms with Gasteiger partial charge in [0, 0.05) is 4.88 Å². The number of benzene rings is 1. The number of aromatic nitrogens is 2. The first-order valence-electron chi connectivity index (χ1n) is 11.2. The van der Waals surface area contributed by atoms with Crippen LogP contribution in [0.25, 0.3) is 10.2 Å². The van der Waals surface area contributed by atoms with Gasteiger partial charge in [-0.25, -0.2) is 9.78 Å². The first kappa shape index (κ1) is 22.7. The molecule has 0 saturated heterocycles. The third-order valence-corrected chi connectivity index (χ3v) is 6.95. The number of aryl methyl sites for hydroxylation is 1. The molecule has 1 aliphatic carbocycles. The predicted octanol–water partition coefficient (Wildman–Crippen LogP) is 4.26. The number of esters is 1. The lowest BCUT2D eigenvalue weighted by molar-refractivity contribution is 0.0377. The highest BCUT2D eigenvalue weighted by atomic mass is 32.1. The van der Waals surface area contributed by atoms with Crippen LogP contribution in [0.2, 0.25) is 0 Å². The van der Waals surface area contributed by atoms with Gasteiger partial charge in [0.15, 0.2) is 0 Å². The van der Waals surface area contributed by atoms with E-state index in [1.807, 2.05) is 51.0 Å². The van der Waals surface area contributed by atoms with Crippen LogP contribution in [-0.2, 0) is 30.7 Å². The predicted molar refractivity (Wildman–Crippen MR) is 129 cm³/mol. The Morgan fingerprint density at radius 2 is 2.12 bits per heavy atom. The van der Waals surface area contributed by atoms with E-state index in [-0.39, 0.29) is 17.6 Å². The van der Waals surface area contributed by atoms with Gasteiger partial charge in [-0.1, -0.05) is 19.1 Å². The van der Waals surface area contributed by atoms with Crippen molar-refractivity contribution in [3.05, 3.63) is 62.0 Å². The molecule has 6 nitrogen and oxygen atoms in total. The fourth-order valence-electron chi connectivity index (χ4n) is 4.29. The molecule has 32 heavy (non-hydrogen) atoms. The number of hydrogen-bond donors (Lipinski definition) is 0. The van der Waals surface area contributed by atoms with Crippen LogP contribution in [-0.4, -0.2) is 40.6 Å². The molecule has 2 aromatic heterocycles. The molecule has 0 N–H and O–H groups in total. The van der Waals surface area contributed by atoms with E-state index in [9.17, 15) is 9.59 Å². The quantitative estimate of drug-likeness (QED) is 0.522. The summed E-state index contributed by atoms with van der Waals surface area (Å²) in [5, 5.41) is 0.787. The molecule has 1 aromatic carbocycles. The minimum atomic E-state index is -0.350. The second-order valence-corrected chi connectivity index (χ2v) is 10.4. The van der Waals surface area contributed by atoms with Gasteiger partial charge in [-0.15, -0.1) is 11.3 Å². The summed E-state index contributed by atoms with van der Waals surface area (Å²) in [4.78, 5) is 35.2. The molecule has 1 unspecified atom stereocenters. The minimum Gasteiger partial charge on any atom is -0.459 e. The molecule has 0 spiro atoms. The molecule has 1 atom stereocenters. The molecule has 3 aromatic rings. The van der Waals surface area contributed by atoms with Gasteiger partial charge in [-0.2, -0.15) is 0 Å². The second kappa shape index (κ2) is 9.16. The first-order valence-corrected chi connectivity index (χ1v) is 12.0. The highest BCUT2D eigenvalue weighted by Crippen LogP contribution is 2.36. The largest absolute Gasteiger partial charge is 0.459 e. The summed E-state index contributed by atoms with van der Waals surface area (Å²) in [5.74, 6) is 1.04. The van der Waals surface area contributed by atoms with Crippen LogP contribution in [0.3, 0.4) is 0 Å². The average molecular weight is 454 g/mol. The maximum Gasteiger partial charge on any atom is 0.338 e. The average Bonchev–Trinajstić information content (AvgIpc) is 3.07. The van der Waals surface area contributed by atoms with E-state index in [1.165, 1.54) is 10.4 Å². The zero-order chi connectivity index (χ0) is 23.0. The Hall–Kier alpha value is -2.51. The van der Waals surface area contributed by atoms with E-state index in [0.29, 0.717) is 24.6 Å². The number of carbonyl (C=O) groups excluding carboxylic acids is 1. The third-order valence-electron chi connectivity index (χ3n) is 5.80. The fraction of sp³-hybridized carbons (Fsp3) is 0.480. The maximum atomic E-state index is 13.7. The fourth-order valence-corrected chi connectivity index (χ4v) is 5.69. The van der Waals surface area contributed by atoms with Gasteiger partial charge in [0.25, 0.3) is 5.56 Å². The van der Waals surface area contributed by atoms with E-state index in [0.717, 1.165) is 40.9 Å². The Bertz CT molecular complexity index is 1210. The van der Waals surface area contributed by atoms with Gasteiger partial charge < -0.3 is 9.64 Å². The van der Waals surface area contributed by atoms with Crippen LogP contribution in [0.1, 0.15) is 59.4 Å². The molecule has 0 aliphatic heterocycles. The normalized spacial score (nSPS) is 16.0. The topological polar surface area (TPSA) is 64.4 Å². The molecule has 2 heterocycles. The highest BCUT2D eigenvalue weighted by molar-refractivity contribution is 7.18.